The van der Waals surface area contributed by atoms with Crippen molar-refractivity contribution in [1.82, 2.24) is 4.90 Å². The molecule has 0 atom stereocenters. The molecule has 1 aromatic rings. The second kappa shape index (κ2) is 5.00. The minimum absolute atomic E-state index is 0.234. The van der Waals surface area contributed by atoms with Crippen molar-refractivity contribution in [3.05, 3.63) is 22.4 Å². The third-order valence-corrected chi connectivity index (χ3v) is 3.79. The Kier molecular flexibility index (Phi) is 3.64. The van der Waals surface area contributed by atoms with E-state index in [-0.39, 0.29) is 5.91 Å². The second-order valence-electron chi connectivity index (χ2n) is 4.89. The molecule has 1 fully saturated rings. The standard InChI is InChI=1S/C13H19NOS/c1-10(2)7-8-14(11-5-6-11)13(15)12-4-3-9-16-12/h3-4,9-11H,5-8H2,1-2H3. The Hall–Kier alpha value is -0.830. The zero-order valence-electron chi connectivity index (χ0n) is 9.98. The van der Waals surface area contributed by atoms with Crippen LogP contribution in [0.1, 0.15) is 42.8 Å². The molecule has 1 aromatic heterocycles. The van der Waals surface area contributed by atoms with Crippen LogP contribution in [-0.2, 0) is 0 Å². The number of amides is 1. The van der Waals surface area contributed by atoms with E-state index < -0.39 is 0 Å². The van der Waals surface area contributed by atoms with E-state index in [1.54, 1.807) is 11.3 Å². The maximum absolute atomic E-state index is 12.2. The Bertz CT molecular complexity index is 341. The van der Waals surface area contributed by atoms with E-state index in [0.29, 0.717) is 12.0 Å². The van der Waals surface area contributed by atoms with E-state index in [4.69, 9.17) is 0 Å². The molecule has 0 N–H and O–H groups in total. The van der Waals surface area contributed by atoms with Crippen molar-refractivity contribution >= 4 is 17.2 Å². The topological polar surface area (TPSA) is 20.3 Å². The van der Waals surface area contributed by atoms with Crippen molar-refractivity contribution in [2.75, 3.05) is 6.54 Å². The highest BCUT2D eigenvalue weighted by Gasteiger charge is 2.32. The average molecular weight is 237 g/mol. The first kappa shape index (κ1) is 11.6. The quantitative estimate of drug-likeness (QED) is 0.768. The van der Waals surface area contributed by atoms with Gasteiger partial charge in [-0.2, -0.15) is 0 Å². The maximum Gasteiger partial charge on any atom is 0.264 e. The third-order valence-electron chi connectivity index (χ3n) is 2.93. The fourth-order valence-electron chi connectivity index (χ4n) is 1.78. The van der Waals surface area contributed by atoms with Gasteiger partial charge in [-0.15, -0.1) is 11.3 Å². The van der Waals surface area contributed by atoms with Gasteiger partial charge >= 0.3 is 0 Å². The number of carbonyl (C=O) groups is 1. The minimum atomic E-state index is 0.234. The molecule has 1 heterocycles. The Balaban J connectivity index is 1.99. The third kappa shape index (κ3) is 2.85. The number of rotatable bonds is 5. The highest BCUT2D eigenvalue weighted by Crippen LogP contribution is 2.29. The van der Waals surface area contributed by atoms with E-state index in [1.165, 1.54) is 12.8 Å². The molecule has 0 radical (unpaired) electrons. The molecule has 88 valence electrons. The molecule has 1 aliphatic rings. The predicted octanol–water partition coefficient (Wildman–Crippen LogP) is 3.40. The van der Waals surface area contributed by atoms with Crippen molar-refractivity contribution < 1.29 is 4.79 Å². The molecular formula is C13H19NOS. The monoisotopic (exact) mass is 237 g/mol. The summed E-state index contributed by atoms with van der Waals surface area (Å²) in [5, 5.41) is 1.97. The zero-order valence-corrected chi connectivity index (χ0v) is 10.8. The minimum Gasteiger partial charge on any atom is -0.335 e. The second-order valence-corrected chi connectivity index (χ2v) is 5.84. The lowest BCUT2D eigenvalue weighted by molar-refractivity contribution is 0.0740. The zero-order chi connectivity index (χ0) is 11.5. The van der Waals surface area contributed by atoms with Crippen LogP contribution in [0.25, 0.3) is 0 Å². The molecule has 0 saturated heterocycles. The van der Waals surface area contributed by atoms with Gasteiger partial charge in [-0.3, -0.25) is 4.79 Å². The van der Waals surface area contributed by atoms with Crippen LogP contribution in [0.5, 0.6) is 0 Å². The molecule has 16 heavy (non-hydrogen) atoms. The SMILES string of the molecule is CC(C)CCN(C(=O)c1cccs1)C1CC1. The number of carbonyl (C=O) groups excluding carboxylic acids is 1. The Morgan fingerprint density at radius 1 is 1.56 bits per heavy atom. The fraction of sp³-hybridized carbons (Fsp3) is 0.615. The molecule has 2 nitrogen and oxygen atoms in total. The van der Waals surface area contributed by atoms with Gasteiger partial charge in [0.1, 0.15) is 0 Å². The van der Waals surface area contributed by atoms with Gasteiger partial charge in [0.25, 0.3) is 5.91 Å². The summed E-state index contributed by atoms with van der Waals surface area (Å²) in [6.07, 6.45) is 3.48. The Labute approximate surface area is 101 Å². The number of thiophene rings is 1. The maximum atomic E-state index is 12.2. The molecule has 1 saturated carbocycles. The summed E-state index contributed by atoms with van der Waals surface area (Å²) in [6.45, 7) is 5.33. The lowest BCUT2D eigenvalue weighted by Gasteiger charge is -2.22. The van der Waals surface area contributed by atoms with E-state index in [0.717, 1.165) is 17.8 Å². The molecule has 0 spiro atoms. The highest BCUT2D eigenvalue weighted by atomic mass is 32.1. The van der Waals surface area contributed by atoms with Crippen LogP contribution in [-0.4, -0.2) is 23.4 Å². The molecule has 1 aliphatic carbocycles. The predicted molar refractivity (Wildman–Crippen MR) is 67.8 cm³/mol. The van der Waals surface area contributed by atoms with Crippen LogP contribution >= 0.6 is 11.3 Å². The van der Waals surface area contributed by atoms with Gasteiger partial charge < -0.3 is 4.90 Å². The first-order valence-electron chi connectivity index (χ1n) is 6.03. The van der Waals surface area contributed by atoms with E-state index in [9.17, 15) is 4.79 Å². The molecule has 3 heteroatoms. The first-order valence-corrected chi connectivity index (χ1v) is 6.91. The van der Waals surface area contributed by atoms with Crippen LogP contribution in [0.4, 0.5) is 0 Å². The van der Waals surface area contributed by atoms with Crippen LogP contribution < -0.4 is 0 Å². The van der Waals surface area contributed by atoms with Crippen LogP contribution in [0, 0.1) is 5.92 Å². The van der Waals surface area contributed by atoms with Gasteiger partial charge in [0.2, 0.25) is 0 Å². The van der Waals surface area contributed by atoms with Crippen molar-refractivity contribution in [3.63, 3.8) is 0 Å². The Morgan fingerprint density at radius 2 is 2.31 bits per heavy atom. The number of hydrogen-bond acceptors (Lipinski definition) is 2. The summed E-state index contributed by atoms with van der Waals surface area (Å²) >= 11 is 1.55. The van der Waals surface area contributed by atoms with Gasteiger partial charge in [0.05, 0.1) is 4.88 Å². The van der Waals surface area contributed by atoms with Gasteiger partial charge in [0, 0.05) is 12.6 Å². The summed E-state index contributed by atoms with van der Waals surface area (Å²) in [6, 6.07) is 4.40. The summed E-state index contributed by atoms with van der Waals surface area (Å²) in [7, 11) is 0. The Morgan fingerprint density at radius 3 is 2.81 bits per heavy atom. The van der Waals surface area contributed by atoms with Crippen molar-refractivity contribution in [2.45, 2.75) is 39.2 Å². The van der Waals surface area contributed by atoms with Gasteiger partial charge in [-0.05, 0) is 36.6 Å². The van der Waals surface area contributed by atoms with Crippen LogP contribution in [0.15, 0.2) is 17.5 Å². The van der Waals surface area contributed by atoms with E-state index in [2.05, 4.69) is 18.7 Å². The van der Waals surface area contributed by atoms with E-state index >= 15 is 0 Å². The largest absolute Gasteiger partial charge is 0.335 e. The number of nitrogens with zero attached hydrogens (tertiary/aromatic N) is 1. The lowest BCUT2D eigenvalue weighted by Crippen LogP contribution is -2.34. The summed E-state index contributed by atoms with van der Waals surface area (Å²) in [5.41, 5.74) is 0. The molecular weight excluding hydrogens is 218 g/mol. The summed E-state index contributed by atoms with van der Waals surface area (Å²) in [4.78, 5) is 15.2. The molecule has 0 aliphatic heterocycles. The molecule has 1 amide bonds. The first-order chi connectivity index (χ1) is 7.68. The van der Waals surface area contributed by atoms with E-state index in [1.807, 2.05) is 17.5 Å². The molecule has 0 aromatic carbocycles. The normalized spacial score (nSPS) is 15.4. The summed E-state index contributed by atoms with van der Waals surface area (Å²) < 4.78 is 0. The number of hydrogen-bond donors (Lipinski definition) is 0. The molecule has 0 unspecified atom stereocenters. The van der Waals surface area contributed by atoms with Crippen LogP contribution in [0.3, 0.4) is 0 Å². The molecule has 2 rings (SSSR count). The smallest absolute Gasteiger partial charge is 0.264 e. The van der Waals surface area contributed by atoms with Crippen LogP contribution in [0.2, 0.25) is 0 Å². The van der Waals surface area contributed by atoms with Gasteiger partial charge in [0.15, 0.2) is 0 Å². The summed E-state index contributed by atoms with van der Waals surface area (Å²) in [5.74, 6) is 0.899. The van der Waals surface area contributed by atoms with Crippen molar-refractivity contribution in [2.24, 2.45) is 5.92 Å². The van der Waals surface area contributed by atoms with Crippen molar-refractivity contribution in [3.8, 4) is 0 Å². The van der Waals surface area contributed by atoms with Gasteiger partial charge in [-0.1, -0.05) is 19.9 Å². The lowest BCUT2D eigenvalue weighted by atomic mass is 10.1. The highest BCUT2D eigenvalue weighted by molar-refractivity contribution is 7.12. The van der Waals surface area contributed by atoms with Gasteiger partial charge in [-0.25, -0.2) is 0 Å². The average Bonchev–Trinajstić information content (AvgIpc) is 2.93. The van der Waals surface area contributed by atoms with Crippen molar-refractivity contribution in [1.29, 1.82) is 0 Å². The molecule has 0 bridgehead atoms. The fourth-order valence-corrected chi connectivity index (χ4v) is 2.45.